The number of anilines is 1. The number of rotatable bonds is 3. The van der Waals surface area contributed by atoms with E-state index in [-0.39, 0.29) is 0 Å². The number of hydrogen-bond donors (Lipinski definition) is 1. The Labute approximate surface area is 118 Å². The molecule has 0 fully saturated rings. The van der Waals surface area contributed by atoms with E-state index in [0.717, 1.165) is 18.2 Å². The minimum atomic E-state index is -4.29. The Bertz CT molecular complexity index is 871. The summed E-state index contributed by atoms with van der Waals surface area (Å²) in [4.78, 5) is 3.80. The lowest BCUT2D eigenvalue weighted by Gasteiger charge is -2.06. The maximum Gasteiger partial charge on any atom is 0.299 e. The van der Waals surface area contributed by atoms with Crippen LogP contribution in [0.25, 0.3) is 5.65 Å². The predicted octanol–water partition coefficient (Wildman–Crippen LogP) is 1.81. The Morgan fingerprint density at radius 2 is 1.76 bits per heavy atom. The summed E-state index contributed by atoms with van der Waals surface area (Å²) >= 11 is 0. The number of nitrogens with zero attached hydrogens (tertiary/aromatic N) is 3. The molecule has 0 bridgehead atoms. The van der Waals surface area contributed by atoms with E-state index in [1.54, 1.807) is 18.2 Å². The van der Waals surface area contributed by atoms with Crippen molar-refractivity contribution >= 4 is 21.4 Å². The standard InChI is InChI=1S/C12H8F2N4O2S/c13-8-4-3-5-9(14)11(8)17-21(19,20)12-15-10-6-1-2-7-18(10)16-12/h1-7,17H. The number of pyridine rings is 1. The molecule has 3 aromatic rings. The van der Waals surface area contributed by atoms with Crippen molar-refractivity contribution in [1.29, 1.82) is 0 Å². The van der Waals surface area contributed by atoms with E-state index in [2.05, 4.69) is 10.1 Å². The second kappa shape index (κ2) is 4.77. The van der Waals surface area contributed by atoms with Gasteiger partial charge in [-0.15, -0.1) is 5.10 Å². The van der Waals surface area contributed by atoms with Gasteiger partial charge in [0.05, 0.1) is 0 Å². The lowest BCUT2D eigenvalue weighted by Crippen LogP contribution is -2.16. The van der Waals surface area contributed by atoms with E-state index in [1.165, 1.54) is 10.7 Å². The van der Waals surface area contributed by atoms with Crippen molar-refractivity contribution in [3.63, 3.8) is 0 Å². The van der Waals surface area contributed by atoms with E-state index in [0.29, 0.717) is 5.65 Å². The van der Waals surface area contributed by atoms with E-state index in [1.807, 2.05) is 4.72 Å². The molecule has 1 aromatic carbocycles. The van der Waals surface area contributed by atoms with Crippen LogP contribution in [0.5, 0.6) is 0 Å². The number of aromatic nitrogens is 3. The first-order chi connectivity index (χ1) is 9.97. The van der Waals surface area contributed by atoms with Crippen LogP contribution >= 0.6 is 0 Å². The summed E-state index contributed by atoms with van der Waals surface area (Å²) in [5.41, 5.74) is -0.469. The molecule has 0 saturated heterocycles. The molecule has 108 valence electrons. The summed E-state index contributed by atoms with van der Waals surface area (Å²) in [6.45, 7) is 0. The SMILES string of the molecule is O=S(=O)(Nc1c(F)cccc1F)c1nc2ccccn2n1. The average Bonchev–Trinajstić information content (AvgIpc) is 2.88. The Kier molecular flexibility index (Phi) is 3.05. The van der Waals surface area contributed by atoms with E-state index in [9.17, 15) is 17.2 Å². The molecule has 1 N–H and O–H groups in total. The molecule has 0 saturated carbocycles. The van der Waals surface area contributed by atoms with Crippen molar-refractivity contribution < 1.29 is 17.2 Å². The molecule has 0 aliphatic carbocycles. The lowest BCUT2D eigenvalue weighted by molar-refractivity contribution is 0.579. The fraction of sp³-hybridized carbons (Fsp3) is 0. The molecular weight excluding hydrogens is 302 g/mol. The molecule has 6 nitrogen and oxygen atoms in total. The monoisotopic (exact) mass is 310 g/mol. The third kappa shape index (κ3) is 2.42. The molecule has 21 heavy (non-hydrogen) atoms. The number of nitrogens with one attached hydrogen (secondary N) is 1. The van der Waals surface area contributed by atoms with Gasteiger partial charge < -0.3 is 0 Å². The van der Waals surface area contributed by atoms with Gasteiger partial charge in [-0.1, -0.05) is 12.1 Å². The van der Waals surface area contributed by atoms with Gasteiger partial charge in [-0.25, -0.2) is 13.3 Å². The number of fused-ring (bicyclic) bond motifs is 1. The fourth-order valence-electron chi connectivity index (χ4n) is 1.70. The molecule has 3 rings (SSSR count). The lowest BCUT2D eigenvalue weighted by atomic mass is 10.3. The van der Waals surface area contributed by atoms with Crippen molar-refractivity contribution in [3.8, 4) is 0 Å². The number of para-hydroxylation sites is 1. The van der Waals surface area contributed by atoms with Crippen LogP contribution < -0.4 is 4.72 Å². The normalized spacial score (nSPS) is 11.7. The van der Waals surface area contributed by atoms with Crippen LogP contribution in [0.4, 0.5) is 14.5 Å². The van der Waals surface area contributed by atoms with Gasteiger partial charge in [0.1, 0.15) is 17.3 Å². The first-order valence-electron chi connectivity index (χ1n) is 5.75. The largest absolute Gasteiger partial charge is 0.299 e. The molecule has 0 aliphatic heterocycles. The first-order valence-corrected chi connectivity index (χ1v) is 7.24. The molecule has 0 spiro atoms. The van der Waals surface area contributed by atoms with Gasteiger partial charge in [0.2, 0.25) is 0 Å². The van der Waals surface area contributed by atoms with Crippen molar-refractivity contribution in [2.45, 2.75) is 5.16 Å². The maximum absolute atomic E-state index is 13.5. The molecule has 0 radical (unpaired) electrons. The Morgan fingerprint density at radius 1 is 1.05 bits per heavy atom. The minimum Gasteiger partial charge on any atom is -0.271 e. The zero-order valence-electron chi connectivity index (χ0n) is 10.4. The molecule has 2 aromatic heterocycles. The van der Waals surface area contributed by atoms with E-state index in [4.69, 9.17) is 0 Å². The van der Waals surface area contributed by atoms with Gasteiger partial charge in [-0.3, -0.25) is 4.72 Å². The van der Waals surface area contributed by atoms with E-state index < -0.39 is 32.5 Å². The second-order valence-electron chi connectivity index (χ2n) is 4.10. The Morgan fingerprint density at radius 3 is 2.43 bits per heavy atom. The van der Waals surface area contributed by atoms with Crippen LogP contribution in [-0.4, -0.2) is 23.0 Å². The number of hydrogen-bond acceptors (Lipinski definition) is 4. The highest BCUT2D eigenvalue weighted by atomic mass is 32.2. The van der Waals surface area contributed by atoms with Crippen LogP contribution in [0.3, 0.4) is 0 Å². The van der Waals surface area contributed by atoms with Gasteiger partial charge >= 0.3 is 0 Å². The van der Waals surface area contributed by atoms with Gasteiger partial charge in [0, 0.05) is 6.20 Å². The third-order valence-corrected chi connectivity index (χ3v) is 3.79. The highest BCUT2D eigenvalue weighted by Gasteiger charge is 2.23. The number of benzene rings is 1. The highest BCUT2D eigenvalue weighted by molar-refractivity contribution is 7.92. The topological polar surface area (TPSA) is 76.4 Å². The van der Waals surface area contributed by atoms with Crippen LogP contribution in [0.1, 0.15) is 0 Å². The van der Waals surface area contributed by atoms with Crippen molar-refractivity contribution in [1.82, 2.24) is 14.6 Å². The molecule has 0 aliphatic rings. The van der Waals surface area contributed by atoms with Crippen LogP contribution in [0, 0.1) is 11.6 Å². The van der Waals surface area contributed by atoms with Crippen molar-refractivity contribution in [2.75, 3.05) is 4.72 Å². The molecule has 0 unspecified atom stereocenters. The van der Waals surface area contributed by atoms with Gasteiger partial charge in [-0.2, -0.15) is 13.4 Å². The predicted molar refractivity (Wildman–Crippen MR) is 70.2 cm³/mol. The summed E-state index contributed by atoms with van der Waals surface area (Å²) in [7, 11) is -4.29. The summed E-state index contributed by atoms with van der Waals surface area (Å²) in [5.74, 6) is -2.05. The number of sulfonamides is 1. The molecule has 0 atom stereocenters. The van der Waals surface area contributed by atoms with Gasteiger partial charge in [0.15, 0.2) is 5.65 Å². The maximum atomic E-state index is 13.5. The van der Waals surface area contributed by atoms with Crippen molar-refractivity contribution in [3.05, 3.63) is 54.2 Å². The minimum absolute atomic E-state index is 0.298. The quantitative estimate of drug-likeness (QED) is 0.800. The Hall–Kier alpha value is -2.55. The second-order valence-corrected chi connectivity index (χ2v) is 5.68. The zero-order valence-corrected chi connectivity index (χ0v) is 11.2. The third-order valence-electron chi connectivity index (χ3n) is 2.66. The average molecular weight is 310 g/mol. The van der Waals surface area contributed by atoms with Gasteiger partial charge in [0.25, 0.3) is 15.2 Å². The molecule has 0 amide bonds. The molecule has 2 heterocycles. The van der Waals surface area contributed by atoms with E-state index >= 15 is 0 Å². The highest BCUT2D eigenvalue weighted by Crippen LogP contribution is 2.21. The van der Waals surface area contributed by atoms with Gasteiger partial charge in [-0.05, 0) is 24.3 Å². The Balaban J connectivity index is 2.04. The fourth-order valence-corrected chi connectivity index (χ4v) is 2.66. The molecular formula is C12H8F2N4O2S. The number of halogens is 2. The summed E-state index contributed by atoms with van der Waals surface area (Å²) in [6, 6.07) is 7.86. The zero-order chi connectivity index (χ0) is 15.0. The molecule has 9 heteroatoms. The summed E-state index contributed by atoms with van der Waals surface area (Å²) in [6.07, 6.45) is 1.50. The van der Waals surface area contributed by atoms with Crippen molar-refractivity contribution in [2.24, 2.45) is 0 Å². The van der Waals surface area contributed by atoms with Crippen LogP contribution in [0.15, 0.2) is 47.8 Å². The first kappa shape index (κ1) is 13.4. The van der Waals surface area contributed by atoms with Crippen LogP contribution in [0.2, 0.25) is 0 Å². The van der Waals surface area contributed by atoms with Crippen LogP contribution in [-0.2, 0) is 10.0 Å². The summed E-state index contributed by atoms with van der Waals surface area (Å²) in [5, 5.41) is 3.18. The smallest absolute Gasteiger partial charge is 0.271 e. The summed E-state index contributed by atoms with van der Waals surface area (Å²) < 4.78 is 54.2.